The highest BCUT2D eigenvalue weighted by molar-refractivity contribution is 7.18. The highest BCUT2D eigenvalue weighted by Gasteiger charge is 2.26. The van der Waals surface area contributed by atoms with Crippen LogP contribution in [0.1, 0.15) is 36.4 Å². The van der Waals surface area contributed by atoms with Gasteiger partial charge in [-0.2, -0.15) is 0 Å². The smallest absolute Gasteiger partial charge is 0.140 e. The lowest BCUT2D eigenvalue weighted by molar-refractivity contribution is 0.478. The van der Waals surface area contributed by atoms with Crippen molar-refractivity contribution < 1.29 is 0 Å². The topological polar surface area (TPSA) is 59.7 Å². The molecule has 0 aromatic carbocycles. The lowest BCUT2D eigenvalue weighted by Crippen LogP contribution is -2.36. The summed E-state index contributed by atoms with van der Waals surface area (Å²) in [6.45, 7) is 4.16. The van der Waals surface area contributed by atoms with Gasteiger partial charge in [0.2, 0.25) is 0 Å². The van der Waals surface area contributed by atoms with Crippen molar-refractivity contribution >= 4 is 27.4 Å². The first-order valence-electron chi connectivity index (χ1n) is 8.08. The fourth-order valence-corrected chi connectivity index (χ4v) is 4.29. The molecule has 1 aliphatic heterocycles. The molecule has 3 aromatic heterocycles. The zero-order valence-electron chi connectivity index (χ0n) is 13.4. The van der Waals surface area contributed by atoms with E-state index >= 15 is 0 Å². The Kier molecular flexibility index (Phi) is 3.72. The zero-order valence-corrected chi connectivity index (χ0v) is 14.3. The SMILES string of the molecule is CCc1cc2c(N3CCC[C@@H](c4nncn4C)C3)ncnc2s1. The predicted octanol–water partition coefficient (Wildman–Crippen LogP) is 2.77. The van der Waals surface area contributed by atoms with E-state index in [0.717, 1.165) is 48.8 Å². The molecule has 7 heteroatoms. The van der Waals surface area contributed by atoms with E-state index in [1.807, 2.05) is 11.6 Å². The number of hydrogen-bond acceptors (Lipinski definition) is 6. The fraction of sp³-hybridized carbons (Fsp3) is 0.500. The summed E-state index contributed by atoms with van der Waals surface area (Å²) >= 11 is 1.77. The van der Waals surface area contributed by atoms with Crippen molar-refractivity contribution in [1.29, 1.82) is 0 Å². The van der Waals surface area contributed by atoms with Crippen LogP contribution in [0.2, 0.25) is 0 Å². The molecule has 0 radical (unpaired) electrons. The Morgan fingerprint density at radius 1 is 1.35 bits per heavy atom. The van der Waals surface area contributed by atoms with Crippen LogP contribution < -0.4 is 4.90 Å². The maximum absolute atomic E-state index is 4.60. The maximum Gasteiger partial charge on any atom is 0.140 e. The van der Waals surface area contributed by atoms with Gasteiger partial charge in [-0.3, -0.25) is 0 Å². The Labute approximate surface area is 139 Å². The maximum atomic E-state index is 4.60. The van der Waals surface area contributed by atoms with Crippen LogP contribution in [0, 0.1) is 0 Å². The molecule has 1 fully saturated rings. The summed E-state index contributed by atoms with van der Waals surface area (Å²) in [5.41, 5.74) is 0. The number of anilines is 1. The van der Waals surface area contributed by atoms with Gasteiger partial charge in [-0.25, -0.2) is 9.97 Å². The number of rotatable bonds is 3. The quantitative estimate of drug-likeness (QED) is 0.740. The molecule has 4 rings (SSSR count). The van der Waals surface area contributed by atoms with Gasteiger partial charge in [0.25, 0.3) is 0 Å². The second kappa shape index (κ2) is 5.88. The molecule has 0 aliphatic carbocycles. The molecular weight excluding hydrogens is 308 g/mol. The monoisotopic (exact) mass is 328 g/mol. The summed E-state index contributed by atoms with van der Waals surface area (Å²) in [7, 11) is 2.02. The van der Waals surface area contributed by atoms with Gasteiger partial charge in [-0.05, 0) is 25.3 Å². The molecule has 6 nitrogen and oxygen atoms in total. The fourth-order valence-electron chi connectivity index (χ4n) is 3.36. The minimum absolute atomic E-state index is 0.408. The Morgan fingerprint density at radius 2 is 2.26 bits per heavy atom. The molecule has 3 aromatic rings. The molecule has 0 amide bonds. The lowest BCUT2D eigenvalue weighted by atomic mass is 9.97. The second-order valence-corrected chi connectivity index (χ2v) is 7.18. The van der Waals surface area contributed by atoms with Gasteiger partial charge < -0.3 is 9.47 Å². The van der Waals surface area contributed by atoms with E-state index in [0.29, 0.717) is 5.92 Å². The normalized spacial score (nSPS) is 18.7. The van der Waals surface area contributed by atoms with Crippen molar-refractivity contribution in [1.82, 2.24) is 24.7 Å². The third kappa shape index (κ3) is 2.59. The standard InChI is InChI=1S/C16H20N6S/c1-3-12-7-13-15(17-9-18-16(13)23-12)22-6-4-5-11(8-22)14-20-19-10-21(14)2/h7,9-11H,3-6,8H2,1-2H3/t11-/m1/s1. The van der Waals surface area contributed by atoms with Crippen molar-refractivity contribution in [2.75, 3.05) is 18.0 Å². The number of nitrogens with zero attached hydrogens (tertiary/aromatic N) is 6. The van der Waals surface area contributed by atoms with Crippen LogP contribution in [-0.2, 0) is 13.5 Å². The summed E-state index contributed by atoms with van der Waals surface area (Å²) in [5.74, 6) is 2.54. The molecular formula is C16H20N6S. The first-order valence-corrected chi connectivity index (χ1v) is 8.90. The van der Waals surface area contributed by atoms with E-state index in [1.165, 1.54) is 10.3 Å². The van der Waals surface area contributed by atoms with Gasteiger partial charge >= 0.3 is 0 Å². The second-order valence-electron chi connectivity index (χ2n) is 6.07. The number of hydrogen-bond donors (Lipinski definition) is 0. The van der Waals surface area contributed by atoms with E-state index in [2.05, 4.69) is 38.1 Å². The van der Waals surface area contributed by atoms with Crippen LogP contribution in [0.3, 0.4) is 0 Å². The predicted molar refractivity (Wildman–Crippen MR) is 92.0 cm³/mol. The Hall–Kier alpha value is -2.02. The van der Waals surface area contributed by atoms with E-state index in [9.17, 15) is 0 Å². The number of aromatic nitrogens is 5. The van der Waals surface area contributed by atoms with Crippen molar-refractivity contribution in [3.63, 3.8) is 0 Å². The lowest BCUT2D eigenvalue weighted by Gasteiger charge is -2.33. The molecule has 0 N–H and O–H groups in total. The highest BCUT2D eigenvalue weighted by atomic mass is 32.1. The van der Waals surface area contributed by atoms with Gasteiger partial charge in [-0.15, -0.1) is 21.5 Å². The van der Waals surface area contributed by atoms with Gasteiger partial charge in [-0.1, -0.05) is 6.92 Å². The Balaban J connectivity index is 1.67. The third-order valence-electron chi connectivity index (χ3n) is 4.54. The van der Waals surface area contributed by atoms with Crippen LogP contribution >= 0.6 is 11.3 Å². The van der Waals surface area contributed by atoms with Crippen molar-refractivity contribution in [3.05, 3.63) is 29.4 Å². The van der Waals surface area contributed by atoms with Crippen molar-refractivity contribution in [3.8, 4) is 0 Å². The number of thiophene rings is 1. The van der Waals surface area contributed by atoms with E-state index < -0.39 is 0 Å². The molecule has 0 bridgehead atoms. The zero-order chi connectivity index (χ0) is 15.8. The van der Waals surface area contributed by atoms with Crippen LogP contribution in [0.15, 0.2) is 18.7 Å². The minimum Gasteiger partial charge on any atom is -0.355 e. The third-order valence-corrected chi connectivity index (χ3v) is 5.73. The number of aryl methyl sites for hydroxylation is 2. The minimum atomic E-state index is 0.408. The van der Waals surface area contributed by atoms with Crippen molar-refractivity contribution in [2.24, 2.45) is 7.05 Å². The average Bonchev–Trinajstić information content (AvgIpc) is 3.20. The first-order chi connectivity index (χ1) is 11.3. The molecule has 4 heterocycles. The molecule has 1 aliphatic rings. The number of piperidine rings is 1. The van der Waals surface area contributed by atoms with Gasteiger partial charge in [0.05, 0.1) is 5.39 Å². The summed E-state index contributed by atoms with van der Waals surface area (Å²) < 4.78 is 2.03. The van der Waals surface area contributed by atoms with Crippen molar-refractivity contribution in [2.45, 2.75) is 32.1 Å². The molecule has 0 spiro atoms. The summed E-state index contributed by atoms with van der Waals surface area (Å²) in [6, 6.07) is 2.25. The van der Waals surface area contributed by atoms with Crippen LogP contribution in [0.5, 0.6) is 0 Å². The average molecular weight is 328 g/mol. The largest absolute Gasteiger partial charge is 0.355 e. The molecule has 23 heavy (non-hydrogen) atoms. The number of fused-ring (bicyclic) bond motifs is 1. The molecule has 0 saturated carbocycles. The first kappa shape index (κ1) is 14.6. The highest BCUT2D eigenvalue weighted by Crippen LogP contribution is 2.34. The molecule has 0 unspecified atom stereocenters. The van der Waals surface area contributed by atoms with E-state index in [-0.39, 0.29) is 0 Å². The van der Waals surface area contributed by atoms with Gasteiger partial charge in [0.15, 0.2) is 0 Å². The molecule has 1 atom stereocenters. The van der Waals surface area contributed by atoms with E-state index in [1.54, 1.807) is 24.0 Å². The van der Waals surface area contributed by atoms with Crippen LogP contribution in [0.25, 0.3) is 10.2 Å². The summed E-state index contributed by atoms with van der Waals surface area (Å²) in [4.78, 5) is 13.9. The Bertz CT molecular complexity index is 823. The van der Waals surface area contributed by atoms with Crippen LogP contribution in [0.4, 0.5) is 5.82 Å². The van der Waals surface area contributed by atoms with Gasteiger partial charge in [0, 0.05) is 30.9 Å². The van der Waals surface area contributed by atoms with Gasteiger partial charge in [0.1, 0.15) is 29.1 Å². The molecule has 1 saturated heterocycles. The van der Waals surface area contributed by atoms with Crippen LogP contribution in [-0.4, -0.2) is 37.8 Å². The molecule has 120 valence electrons. The van der Waals surface area contributed by atoms with E-state index in [4.69, 9.17) is 0 Å². The Morgan fingerprint density at radius 3 is 3.04 bits per heavy atom. The summed E-state index contributed by atoms with van der Waals surface area (Å²) in [6.07, 6.45) is 6.82. The summed E-state index contributed by atoms with van der Waals surface area (Å²) in [5, 5.41) is 9.52.